The molecule has 0 aromatic heterocycles. The van der Waals surface area contributed by atoms with Gasteiger partial charge in [0, 0.05) is 0 Å². The summed E-state index contributed by atoms with van der Waals surface area (Å²) in [6, 6.07) is 0. The lowest BCUT2D eigenvalue weighted by Crippen LogP contribution is -2.58. The van der Waals surface area contributed by atoms with Crippen molar-refractivity contribution >= 4 is 5.78 Å². The predicted molar refractivity (Wildman–Crippen MR) is 88.3 cm³/mol. The minimum atomic E-state index is -1.24. The van der Waals surface area contributed by atoms with Crippen molar-refractivity contribution in [2.24, 2.45) is 10.8 Å². The third kappa shape index (κ3) is 2.42. The van der Waals surface area contributed by atoms with Crippen LogP contribution in [-0.2, 0) is 4.79 Å². The van der Waals surface area contributed by atoms with Crippen LogP contribution in [0.2, 0.25) is 0 Å². The fourth-order valence-corrected chi connectivity index (χ4v) is 3.32. The highest BCUT2D eigenvalue weighted by Crippen LogP contribution is 2.47. The van der Waals surface area contributed by atoms with Crippen molar-refractivity contribution in [1.82, 2.24) is 0 Å². The van der Waals surface area contributed by atoms with E-state index in [0.717, 1.165) is 0 Å². The summed E-state index contributed by atoms with van der Waals surface area (Å²) in [5, 5.41) is 21.9. The molecule has 2 aliphatic rings. The fourth-order valence-electron chi connectivity index (χ4n) is 3.32. The molecule has 2 aliphatic carbocycles. The maximum absolute atomic E-state index is 13.3. The van der Waals surface area contributed by atoms with Gasteiger partial charge in [0.15, 0.2) is 0 Å². The van der Waals surface area contributed by atoms with Crippen LogP contribution in [-0.4, -0.2) is 27.2 Å². The molecular formula is C19H26O3. The number of hydrogen-bond acceptors (Lipinski definition) is 3. The van der Waals surface area contributed by atoms with Gasteiger partial charge in [0.2, 0.25) is 0 Å². The Morgan fingerprint density at radius 1 is 0.818 bits per heavy atom. The van der Waals surface area contributed by atoms with Crippen molar-refractivity contribution in [1.29, 1.82) is 0 Å². The number of allylic oxidation sites excluding steroid dienone is 4. The van der Waals surface area contributed by atoms with Gasteiger partial charge in [-0.3, -0.25) is 4.79 Å². The zero-order valence-electron chi connectivity index (χ0n) is 13.8. The highest BCUT2D eigenvalue weighted by Gasteiger charge is 2.56. The summed E-state index contributed by atoms with van der Waals surface area (Å²) in [7, 11) is 0. The lowest BCUT2D eigenvalue weighted by molar-refractivity contribution is -0.159. The minimum absolute atomic E-state index is 0.148. The zero-order valence-corrected chi connectivity index (χ0v) is 13.8. The van der Waals surface area contributed by atoms with E-state index in [9.17, 15) is 15.0 Å². The van der Waals surface area contributed by atoms with Gasteiger partial charge in [-0.1, -0.05) is 48.6 Å². The summed E-state index contributed by atoms with van der Waals surface area (Å²) < 4.78 is 0. The highest BCUT2D eigenvalue weighted by molar-refractivity contribution is 5.92. The van der Waals surface area contributed by atoms with Gasteiger partial charge in [-0.25, -0.2) is 0 Å². The summed E-state index contributed by atoms with van der Waals surface area (Å²) in [4.78, 5) is 13.3. The van der Waals surface area contributed by atoms with Gasteiger partial charge in [-0.05, 0) is 40.5 Å². The third-order valence-corrected chi connectivity index (χ3v) is 5.40. The third-order valence-electron chi connectivity index (χ3n) is 5.40. The summed E-state index contributed by atoms with van der Waals surface area (Å²) in [6.07, 6.45) is 15.1. The van der Waals surface area contributed by atoms with Gasteiger partial charge in [0.05, 0.1) is 22.0 Å². The van der Waals surface area contributed by atoms with E-state index in [1.165, 1.54) is 0 Å². The van der Waals surface area contributed by atoms with Crippen molar-refractivity contribution in [3.05, 3.63) is 48.6 Å². The second-order valence-electron chi connectivity index (χ2n) is 7.41. The Hall–Kier alpha value is -1.45. The van der Waals surface area contributed by atoms with E-state index in [1.54, 1.807) is 52.0 Å². The molecule has 0 fully saturated rings. The van der Waals surface area contributed by atoms with Crippen LogP contribution in [0.1, 0.15) is 40.5 Å². The molecule has 0 radical (unpaired) electrons. The molecule has 0 aromatic rings. The van der Waals surface area contributed by atoms with Gasteiger partial charge in [0.1, 0.15) is 5.78 Å². The van der Waals surface area contributed by atoms with Crippen molar-refractivity contribution < 1.29 is 15.0 Å². The van der Waals surface area contributed by atoms with Crippen LogP contribution in [0.4, 0.5) is 0 Å². The van der Waals surface area contributed by atoms with Gasteiger partial charge < -0.3 is 10.2 Å². The minimum Gasteiger partial charge on any atom is -0.384 e. The quantitative estimate of drug-likeness (QED) is 0.839. The second-order valence-corrected chi connectivity index (χ2v) is 7.41. The first-order valence-corrected chi connectivity index (χ1v) is 7.75. The van der Waals surface area contributed by atoms with Crippen LogP contribution in [0.5, 0.6) is 0 Å². The first kappa shape index (κ1) is 16.9. The SMILES string of the molecule is CC(C)(C(=O)C(C)(C)C1(O)C=CC=CC1)C1(O)C=CC=CC1. The predicted octanol–water partition coefficient (Wildman–Crippen LogP) is 3.10. The van der Waals surface area contributed by atoms with Gasteiger partial charge in [0.25, 0.3) is 0 Å². The largest absolute Gasteiger partial charge is 0.384 e. The number of ketones is 1. The molecule has 3 heteroatoms. The molecular weight excluding hydrogens is 276 g/mol. The molecule has 2 rings (SSSR count). The van der Waals surface area contributed by atoms with E-state index in [0.29, 0.717) is 12.8 Å². The number of carbonyl (C=O) groups excluding carboxylic acids is 1. The number of carbonyl (C=O) groups is 1. The van der Waals surface area contributed by atoms with Crippen LogP contribution in [0.25, 0.3) is 0 Å². The summed E-state index contributed by atoms with van der Waals surface area (Å²) in [6.45, 7) is 7.03. The normalized spacial score (nSPS) is 31.5. The van der Waals surface area contributed by atoms with Gasteiger partial charge in [-0.15, -0.1) is 0 Å². The Morgan fingerprint density at radius 2 is 1.18 bits per heavy atom. The molecule has 0 spiro atoms. The lowest BCUT2D eigenvalue weighted by atomic mass is 9.57. The fraction of sp³-hybridized carbons (Fsp3) is 0.526. The Bertz CT molecular complexity index is 527. The molecule has 22 heavy (non-hydrogen) atoms. The van der Waals surface area contributed by atoms with E-state index >= 15 is 0 Å². The monoisotopic (exact) mass is 302 g/mol. The molecule has 2 atom stereocenters. The Labute approximate surface area is 132 Å². The van der Waals surface area contributed by atoms with Crippen LogP contribution in [0, 0.1) is 10.8 Å². The molecule has 0 amide bonds. The first-order valence-electron chi connectivity index (χ1n) is 7.75. The van der Waals surface area contributed by atoms with Crippen LogP contribution >= 0.6 is 0 Å². The molecule has 120 valence electrons. The molecule has 0 aliphatic heterocycles. The van der Waals surface area contributed by atoms with Gasteiger partial charge in [-0.2, -0.15) is 0 Å². The van der Waals surface area contributed by atoms with E-state index in [2.05, 4.69) is 0 Å². The Morgan fingerprint density at radius 3 is 1.45 bits per heavy atom. The van der Waals surface area contributed by atoms with Crippen LogP contribution in [0.15, 0.2) is 48.6 Å². The van der Waals surface area contributed by atoms with Crippen LogP contribution < -0.4 is 0 Å². The molecule has 0 bridgehead atoms. The molecule has 0 aromatic carbocycles. The van der Waals surface area contributed by atoms with Gasteiger partial charge >= 0.3 is 0 Å². The number of hydrogen-bond donors (Lipinski definition) is 2. The zero-order chi connectivity index (χ0) is 16.6. The van der Waals surface area contributed by atoms with Crippen molar-refractivity contribution in [2.75, 3.05) is 0 Å². The summed E-state index contributed by atoms with van der Waals surface area (Å²) >= 11 is 0. The summed E-state index contributed by atoms with van der Waals surface area (Å²) in [5.41, 5.74) is -4.49. The number of rotatable bonds is 4. The highest BCUT2D eigenvalue weighted by atomic mass is 16.3. The molecule has 3 nitrogen and oxygen atoms in total. The molecule has 2 N–H and O–H groups in total. The standard InChI is InChI=1S/C19H26O3/c1-16(2,18(21)11-7-5-8-12-18)15(20)17(3,4)19(22)13-9-6-10-14-19/h5-11,13,21-22H,12,14H2,1-4H3. The molecule has 0 heterocycles. The molecule has 2 unspecified atom stereocenters. The Kier molecular flexibility index (Phi) is 4.09. The maximum atomic E-state index is 13.3. The second kappa shape index (κ2) is 5.32. The first-order chi connectivity index (χ1) is 10.1. The summed E-state index contributed by atoms with van der Waals surface area (Å²) in [5.74, 6) is -0.148. The maximum Gasteiger partial charge on any atom is 0.150 e. The van der Waals surface area contributed by atoms with E-state index < -0.39 is 22.0 Å². The molecule has 0 saturated carbocycles. The van der Waals surface area contributed by atoms with Crippen molar-refractivity contribution in [2.45, 2.75) is 51.7 Å². The van der Waals surface area contributed by atoms with E-state index in [-0.39, 0.29) is 5.78 Å². The average Bonchev–Trinajstić information content (AvgIpc) is 2.47. The Balaban J connectivity index is 2.37. The smallest absolute Gasteiger partial charge is 0.150 e. The van der Waals surface area contributed by atoms with Crippen molar-refractivity contribution in [3.8, 4) is 0 Å². The number of Topliss-reactive ketones (excluding diaryl/α,β-unsaturated/α-hetero) is 1. The van der Waals surface area contributed by atoms with E-state index in [1.807, 2.05) is 24.3 Å². The van der Waals surface area contributed by atoms with E-state index in [4.69, 9.17) is 0 Å². The van der Waals surface area contributed by atoms with Crippen LogP contribution in [0.3, 0.4) is 0 Å². The lowest BCUT2D eigenvalue weighted by Gasteiger charge is -2.48. The molecule has 0 saturated heterocycles. The average molecular weight is 302 g/mol. The number of aliphatic hydroxyl groups is 2. The topological polar surface area (TPSA) is 57.5 Å². The van der Waals surface area contributed by atoms with Crippen molar-refractivity contribution in [3.63, 3.8) is 0 Å².